The molecule has 2 aliphatic heterocycles. The molecule has 0 aromatic heterocycles. The molecule has 0 N–H and O–H groups in total. The Morgan fingerprint density at radius 1 is 0.846 bits per heavy atom. The summed E-state index contributed by atoms with van der Waals surface area (Å²) in [5.41, 5.74) is 0.835. The van der Waals surface area contributed by atoms with Crippen molar-refractivity contribution in [3.63, 3.8) is 0 Å². The van der Waals surface area contributed by atoms with Crippen molar-refractivity contribution in [1.82, 2.24) is 0 Å². The third kappa shape index (κ3) is 3.04. The Hall–Kier alpha value is -1.84. The summed E-state index contributed by atoms with van der Waals surface area (Å²) >= 11 is 0. The molecule has 2 saturated carbocycles. The number of fused-ring (bicyclic) bond motifs is 2. The molecule has 4 heteroatoms. The van der Waals surface area contributed by atoms with Gasteiger partial charge < -0.3 is 9.47 Å². The van der Waals surface area contributed by atoms with Crippen LogP contribution in [0, 0.1) is 17.8 Å². The van der Waals surface area contributed by atoms with Crippen molar-refractivity contribution < 1.29 is 19.1 Å². The first-order valence-corrected chi connectivity index (χ1v) is 10.1. The topological polar surface area (TPSA) is 52.6 Å². The second kappa shape index (κ2) is 7.42. The molecule has 4 atom stereocenters. The number of carbonyl (C=O) groups excluding carboxylic acids is 2. The van der Waals surface area contributed by atoms with Gasteiger partial charge in [-0.2, -0.15) is 0 Å². The van der Waals surface area contributed by atoms with E-state index in [4.69, 9.17) is 9.47 Å². The van der Waals surface area contributed by atoms with Crippen molar-refractivity contribution in [3.8, 4) is 0 Å². The lowest BCUT2D eigenvalue weighted by atomic mass is 9.64. The predicted molar refractivity (Wildman–Crippen MR) is 97.4 cm³/mol. The van der Waals surface area contributed by atoms with Gasteiger partial charge in [0, 0.05) is 11.8 Å². The van der Waals surface area contributed by atoms with Gasteiger partial charge in [-0.1, -0.05) is 56.0 Å². The van der Waals surface area contributed by atoms with Crippen molar-refractivity contribution in [2.24, 2.45) is 17.8 Å². The minimum Gasteiger partial charge on any atom is -0.465 e. The van der Waals surface area contributed by atoms with E-state index < -0.39 is 0 Å². The van der Waals surface area contributed by atoms with Crippen molar-refractivity contribution in [2.45, 2.75) is 56.8 Å². The summed E-state index contributed by atoms with van der Waals surface area (Å²) in [5, 5.41) is 0. The average Bonchev–Trinajstić information content (AvgIpc) is 3.25. The van der Waals surface area contributed by atoms with Crippen LogP contribution in [-0.4, -0.2) is 25.2 Å². The quantitative estimate of drug-likeness (QED) is 0.713. The van der Waals surface area contributed by atoms with E-state index in [1.807, 2.05) is 18.2 Å². The van der Waals surface area contributed by atoms with Crippen LogP contribution in [0.25, 0.3) is 0 Å². The van der Waals surface area contributed by atoms with Gasteiger partial charge in [0.2, 0.25) is 0 Å². The van der Waals surface area contributed by atoms with Crippen molar-refractivity contribution in [1.29, 1.82) is 0 Å². The summed E-state index contributed by atoms with van der Waals surface area (Å²) in [4.78, 5) is 23.1. The molecule has 2 aliphatic carbocycles. The van der Waals surface area contributed by atoms with E-state index in [9.17, 15) is 9.59 Å². The Labute approximate surface area is 155 Å². The monoisotopic (exact) mass is 356 g/mol. The number of ether oxygens (including phenoxy) is 2. The third-order valence-electron chi connectivity index (χ3n) is 6.79. The van der Waals surface area contributed by atoms with Crippen LogP contribution in [0.1, 0.15) is 56.9 Å². The molecule has 140 valence electrons. The van der Waals surface area contributed by atoms with E-state index in [-0.39, 0.29) is 23.3 Å². The van der Waals surface area contributed by atoms with Crippen molar-refractivity contribution in [3.05, 3.63) is 35.9 Å². The van der Waals surface area contributed by atoms with Crippen LogP contribution >= 0.6 is 0 Å². The highest BCUT2D eigenvalue weighted by Gasteiger charge is 2.54. The zero-order valence-corrected chi connectivity index (χ0v) is 15.3. The number of hydrogen-bond donors (Lipinski definition) is 0. The minimum absolute atomic E-state index is 0.00315. The van der Waals surface area contributed by atoms with Crippen LogP contribution in [0.15, 0.2) is 30.3 Å². The van der Waals surface area contributed by atoms with Crippen molar-refractivity contribution >= 4 is 11.9 Å². The SMILES string of the molecule is O=C1OC[C@@H]2CCCCC12.O=C1OC[C@@H]2CCCC[C@]12c1ccccc1. The van der Waals surface area contributed by atoms with Crippen LogP contribution in [-0.2, 0) is 24.5 Å². The number of carbonyl (C=O) groups is 2. The van der Waals surface area contributed by atoms with Gasteiger partial charge in [-0.3, -0.25) is 9.59 Å². The van der Waals surface area contributed by atoms with E-state index in [0.717, 1.165) is 31.2 Å². The fourth-order valence-corrected chi connectivity index (χ4v) is 5.29. The molecule has 0 bridgehead atoms. The summed E-state index contributed by atoms with van der Waals surface area (Å²) in [6, 6.07) is 10.2. The molecule has 0 spiro atoms. The summed E-state index contributed by atoms with van der Waals surface area (Å²) in [7, 11) is 0. The van der Waals surface area contributed by atoms with Crippen LogP contribution in [0.5, 0.6) is 0 Å². The lowest BCUT2D eigenvalue weighted by molar-refractivity contribution is -0.143. The molecule has 0 radical (unpaired) electrons. The van der Waals surface area contributed by atoms with Crippen LogP contribution < -0.4 is 0 Å². The number of rotatable bonds is 1. The highest BCUT2D eigenvalue weighted by Crippen LogP contribution is 2.48. The normalized spacial score (nSPS) is 35.5. The lowest BCUT2D eigenvalue weighted by Crippen LogP contribution is -2.40. The second-order valence-corrected chi connectivity index (χ2v) is 8.16. The van der Waals surface area contributed by atoms with Gasteiger partial charge in [0.15, 0.2) is 0 Å². The lowest BCUT2D eigenvalue weighted by Gasteiger charge is -2.35. The minimum atomic E-state index is -0.320. The van der Waals surface area contributed by atoms with Crippen LogP contribution in [0.4, 0.5) is 0 Å². The molecule has 26 heavy (non-hydrogen) atoms. The standard InChI is InChI=1S/C14H16O2.C8H12O2/c15-13-14(11-6-2-1-3-7-11)9-5-4-8-12(14)10-16-13;9-8-7-4-2-1-3-6(7)5-10-8/h1-3,6-7,12H,4-5,8-10H2;6-7H,1-5H2/t12-,14+;6-,7?/m00/s1. The number of benzene rings is 1. The Morgan fingerprint density at radius 3 is 2.42 bits per heavy atom. The molecule has 0 amide bonds. The maximum Gasteiger partial charge on any atom is 0.316 e. The second-order valence-electron chi connectivity index (χ2n) is 8.16. The van der Waals surface area contributed by atoms with E-state index in [1.165, 1.54) is 25.7 Å². The Kier molecular flexibility index (Phi) is 5.01. The van der Waals surface area contributed by atoms with Gasteiger partial charge in [0.05, 0.1) is 24.5 Å². The molecular formula is C22H28O4. The van der Waals surface area contributed by atoms with E-state index >= 15 is 0 Å². The molecule has 4 nitrogen and oxygen atoms in total. The summed E-state index contributed by atoms with van der Waals surface area (Å²) in [6.45, 7) is 1.32. The number of hydrogen-bond acceptors (Lipinski definition) is 4. The van der Waals surface area contributed by atoms with E-state index in [0.29, 0.717) is 25.0 Å². The molecule has 5 rings (SSSR count). The summed E-state index contributed by atoms with van der Waals surface area (Å²) in [6.07, 6.45) is 9.24. The van der Waals surface area contributed by atoms with Gasteiger partial charge in [0.25, 0.3) is 0 Å². The largest absolute Gasteiger partial charge is 0.465 e. The molecule has 1 aromatic carbocycles. The highest BCUT2D eigenvalue weighted by atomic mass is 16.5. The first-order chi connectivity index (χ1) is 12.7. The van der Waals surface area contributed by atoms with Gasteiger partial charge in [-0.15, -0.1) is 0 Å². The fraction of sp³-hybridized carbons (Fsp3) is 0.636. The van der Waals surface area contributed by atoms with Crippen LogP contribution in [0.2, 0.25) is 0 Å². The number of esters is 2. The summed E-state index contributed by atoms with van der Waals surface area (Å²) in [5.74, 6) is 1.30. The Morgan fingerprint density at radius 2 is 1.62 bits per heavy atom. The Balaban J connectivity index is 0.000000144. The molecule has 2 heterocycles. The average molecular weight is 356 g/mol. The van der Waals surface area contributed by atoms with E-state index in [1.54, 1.807) is 0 Å². The fourth-order valence-electron chi connectivity index (χ4n) is 5.29. The molecule has 4 fully saturated rings. The molecule has 1 unspecified atom stereocenters. The maximum absolute atomic E-state index is 12.1. The molecule has 1 aromatic rings. The third-order valence-corrected chi connectivity index (χ3v) is 6.79. The van der Waals surface area contributed by atoms with Gasteiger partial charge >= 0.3 is 11.9 Å². The smallest absolute Gasteiger partial charge is 0.316 e. The maximum atomic E-state index is 12.1. The Bertz CT molecular complexity index is 655. The van der Waals surface area contributed by atoms with Gasteiger partial charge in [0.1, 0.15) is 0 Å². The van der Waals surface area contributed by atoms with Crippen molar-refractivity contribution in [2.75, 3.05) is 13.2 Å². The summed E-state index contributed by atoms with van der Waals surface area (Å²) < 4.78 is 10.3. The predicted octanol–water partition coefficient (Wildman–Crippen LogP) is 4.02. The van der Waals surface area contributed by atoms with Gasteiger partial charge in [-0.25, -0.2) is 0 Å². The zero-order valence-electron chi connectivity index (χ0n) is 15.3. The first kappa shape index (κ1) is 17.6. The number of cyclic esters (lactones) is 2. The zero-order chi connectivity index (χ0) is 18.0. The van der Waals surface area contributed by atoms with Gasteiger partial charge in [-0.05, 0) is 31.2 Å². The molecule has 4 aliphatic rings. The first-order valence-electron chi connectivity index (χ1n) is 10.1. The molecular weight excluding hydrogens is 328 g/mol. The highest BCUT2D eigenvalue weighted by molar-refractivity contribution is 5.85. The molecule has 2 saturated heterocycles. The van der Waals surface area contributed by atoms with E-state index in [2.05, 4.69) is 12.1 Å². The van der Waals surface area contributed by atoms with Crippen LogP contribution in [0.3, 0.4) is 0 Å².